The Morgan fingerprint density at radius 2 is 2.14 bits per heavy atom. The molecule has 1 heterocycles. The maximum absolute atomic E-state index is 11.5. The van der Waals surface area contributed by atoms with Gasteiger partial charge in [-0.2, -0.15) is 0 Å². The summed E-state index contributed by atoms with van der Waals surface area (Å²) in [5, 5.41) is 6.63. The number of hydrogen-bond donors (Lipinski definition) is 1. The molecule has 0 spiro atoms. The van der Waals surface area contributed by atoms with Crippen LogP contribution in [-0.2, 0) is 11.3 Å². The van der Waals surface area contributed by atoms with Crippen LogP contribution in [0, 0.1) is 23.7 Å². The molecular weight excluding hydrogens is 282 g/mol. The second-order valence-electron chi connectivity index (χ2n) is 6.78. The molecule has 3 aliphatic rings. The summed E-state index contributed by atoms with van der Waals surface area (Å²) < 4.78 is 0. The van der Waals surface area contributed by atoms with Crippen LogP contribution in [0.5, 0.6) is 0 Å². The van der Waals surface area contributed by atoms with E-state index in [9.17, 15) is 4.79 Å². The number of anilines is 1. The first kappa shape index (κ1) is 13.7. The fourth-order valence-electron chi connectivity index (χ4n) is 4.81. The first-order valence-corrected chi connectivity index (χ1v) is 9.03. The summed E-state index contributed by atoms with van der Waals surface area (Å²) in [4.78, 5) is 17.9. The lowest BCUT2D eigenvalue weighted by atomic mass is 10.0. The number of amides is 1. The predicted octanol–water partition coefficient (Wildman–Crippen LogP) is 2.65. The molecule has 1 aromatic rings. The molecule has 1 amide bonds. The van der Waals surface area contributed by atoms with Crippen LogP contribution in [0.1, 0.15) is 38.8 Å². The third-order valence-electron chi connectivity index (χ3n) is 5.72. The Hall–Kier alpha value is -0.940. The van der Waals surface area contributed by atoms with Gasteiger partial charge in [0.1, 0.15) is 0 Å². The average molecular weight is 305 g/mol. The van der Waals surface area contributed by atoms with Gasteiger partial charge in [0.15, 0.2) is 5.13 Å². The minimum atomic E-state index is 0.0691. The van der Waals surface area contributed by atoms with Crippen LogP contribution in [0.25, 0.3) is 0 Å². The number of rotatable bonds is 5. The molecule has 2 bridgehead atoms. The van der Waals surface area contributed by atoms with Crippen molar-refractivity contribution < 1.29 is 4.79 Å². The van der Waals surface area contributed by atoms with Gasteiger partial charge < -0.3 is 5.32 Å². The Labute approximate surface area is 129 Å². The van der Waals surface area contributed by atoms with Gasteiger partial charge in [0.2, 0.25) is 5.91 Å². The standard InChI is InChI=1S/C16H23N3OS/c1-3-19(9(2)20)16-18-12(8-21-16)7-17-15-13-10-4-5-11(6-10)14(13)15/h8,10-11,13-15,17H,3-7H2,1-2H3. The largest absolute Gasteiger partial charge is 0.308 e. The molecule has 21 heavy (non-hydrogen) atoms. The topological polar surface area (TPSA) is 45.2 Å². The number of carbonyl (C=O) groups excluding carboxylic acids is 1. The van der Waals surface area contributed by atoms with Crippen molar-refractivity contribution in [3.05, 3.63) is 11.1 Å². The molecule has 0 aliphatic heterocycles. The quantitative estimate of drug-likeness (QED) is 0.909. The molecule has 0 radical (unpaired) electrons. The van der Waals surface area contributed by atoms with E-state index in [0.29, 0.717) is 6.54 Å². The fraction of sp³-hybridized carbons (Fsp3) is 0.750. The van der Waals surface area contributed by atoms with Gasteiger partial charge in [-0.3, -0.25) is 9.69 Å². The average Bonchev–Trinajstić information content (AvgIpc) is 2.88. The van der Waals surface area contributed by atoms with Crippen molar-refractivity contribution in [3.63, 3.8) is 0 Å². The van der Waals surface area contributed by atoms with Gasteiger partial charge >= 0.3 is 0 Å². The predicted molar refractivity (Wildman–Crippen MR) is 84.3 cm³/mol. The van der Waals surface area contributed by atoms with Crippen LogP contribution < -0.4 is 10.2 Å². The molecule has 5 heteroatoms. The Kier molecular flexibility index (Phi) is 3.30. The zero-order valence-corrected chi connectivity index (χ0v) is 13.5. The summed E-state index contributed by atoms with van der Waals surface area (Å²) in [6.07, 6.45) is 4.43. The fourth-order valence-corrected chi connectivity index (χ4v) is 5.75. The maximum Gasteiger partial charge on any atom is 0.225 e. The van der Waals surface area contributed by atoms with E-state index in [4.69, 9.17) is 0 Å². The normalized spacial score (nSPS) is 35.8. The van der Waals surface area contributed by atoms with E-state index in [1.807, 2.05) is 6.92 Å². The van der Waals surface area contributed by atoms with Crippen LogP contribution >= 0.6 is 11.3 Å². The van der Waals surface area contributed by atoms with Crippen molar-refractivity contribution in [2.45, 2.75) is 45.7 Å². The number of hydrogen-bond acceptors (Lipinski definition) is 4. The number of nitrogens with one attached hydrogen (secondary N) is 1. The SMILES string of the molecule is CCN(C(C)=O)c1nc(CNC2C3C4CCC(C4)C23)cs1. The van der Waals surface area contributed by atoms with Crippen LogP contribution in [0.4, 0.5) is 5.13 Å². The third kappa shape index (κ3) is 2.21. The highest BCUT2D eigenvalue weighted by molar-refractivity contribution is 7.14. The Balaban J connectivity index is 1.34. The summed E-state index contributed by atoms with van der Waals surface area (Å²) in [7, 11) is 0. The molecule has 4 atom stereocenters. The Morgan fingerprint density at radius 1 is 1.43 bits per heavy atom. The van der Waals surface area contributed by atoms with Gasteiger partial charge in [-0.15, -0.1) is 11.3 Å². The number of fused-ring (bicyclic) bond motifs is 5. The molecular formula is C16H23N3OS. The first-order chi connectivity index (χ1) is 10.2. The molecule has 4 unspecified atom stereocenters. The van der Waals surface area contributed by atoms with Gasteiger partial charge in [-0.25, -0.2) is 4.98 Å². The molecule has 0 aromatic carbocycles. The van der Waals surface area contributed by atoms with Crippen LogP contribution in [0.3, 0.4) is 0 Å². The molecule has 3 fully saturated rings. The van der Waals surface area contributed by atoms with E-state index in [-0.39, 0.29) is 5.91 Å². The lowest BCUT2D eigenvalue weighted by Crippen LogP contribution is -2.28. The number of thiazole rings is 1. The Morgan fingerprint density at radius 3 is 2.76 bits per heavy atom. The monoisotopic (exact) mass is 305 g/mol. The molecule has 1 aromatic heterocycles. The van der Waals surface area contributed by atoms with E-state index in [0.717, 1.165) is 47.1 Å². The molecule has 0 saturated heterocycles. The van der Waals surface area contributed by atoms with Gasteiger partial charge in [0.25, 0.3) is 0 Å². The number of nitrogens with zero attached hydrogens (tertiary/aromatic N) is 2. The Bertz CT molecular complexity index is 541. The van der Waals surface area contributed by atoms with Gasteiger partial charge in [-0.1, -0.05) is 0 Å². The van der Waals surface area contributed by atoms with Crippen molar-refractivity contribution in [3.8, 4) is 0 Å². The van der Waals surface area contributed by atoms with Crippen molar-refractivity contribution in [2.24, 2.45) is 23.7 Å². The van der Waals surface area contributed by atoms with Gasteiger partial charge in [-0.05, 0) is 49.9 Å². The second kappa shape index (κ2) is 5.06. The van der Waals surface area contributed by atoms with E-state index < -0.39 is 0 Å². The lowest BCUT2D eigenvalue weighted by Gasteiger charge is -2.14. The highest BCUT2D eigenvalue weighted by atomic mass is 32.1. The lowest BCUT2D eigenvalue weighted by molar-refractivity contribution is -0.116. The van der Waals surface area contributed by atoms with E-state index >= 15 is 0 Å². The van der Waals surface area contributed by atoms with E-state index in [2.05, 4.69) is 15.7 Å². The van der Waals surface area contributed by atoms with Crippen LogP contribution in [-0.4, -0.2) is 23.5 Å². The van der Waals surface area contributed by atoms with Crippen molar-refractivity contribution in [2.75, 3.05) is 11.4 Å². The zero-order chi connectivity index (χ0) is 14.6. The van der Waals surface area contributed by atoms with E-state index in [1.54, 1.807) is 23.2 Å². The number of aromatic nitrogens is 1. The highest BCUT2D eigenvalue weighted by Crippen LogP contribution is 2.65. The van der Waals surface area contributed by atoms with Crippen molar-refractivity contribution in [1.29, 1.82) is 0 Å². The molecule has 4 nitrogen and oxygen atoms in total. The second-order valence-corrected chi connectivity index (χ2v) is 7.62. The summed E-state index contributed by atoms with van der Waals surface area (Å²) in [5.74, 6) is 4.02. The van der Waals surface area contributed by atoms with Gasteiger partial charge in [0.05, 0.1) is 5.69 Å². The molecule has 1 N–H and O–H groups in total. The smallest absolute Gasteiger partial charge is 0.225 e. The number of carbonyl (C=O) groups is 1. The summed E-state index contributed by atoms with van der Waals surface area (Å²) in [5.41, 5.74) is 1.08. The summed E-state index contributed by atoms with van der Waals surface area (Å²) in [6, 6.07) is 0.747. The van der Waals surface area contributed by atoms with Crippen molar-refractivity contribution >= 4 is 22.4 Å². The van der Waals surface area contributed by atoms with Crippen molar-refractivity contribution in [1.82, 2.24) is 10.3 Å². The highest BCUT2D eigenvalue weighted by Gasteiger charge is 2.64. The van der Waals surface area contributed by atoms with Gasteiger partial charge in [0, 0.05) is 31.4 Å². The molecule has 4 rings (SSSR count). The minimum Gasteiger partial charge on any atom is -0.308 e. The molecule has 3 saturated carbocycles. The molecule has 3 aliphatic carbocycles. The zero-order valence-electron chi connectivity index (χ0n) is 12.7. The first-order valence-electron chi connectivity index (χ1n) is 8.15. The minimum absolute atomic E-state index is 0.0691. The third-order valence-corrected chi connectivity index (χ3v) is 6.63. The maximum atomic E-state index is 11.5. The summed E-state index contributed by atoms with van der Waals surface area (Å²) >= 11 is 1.57. The van der Waals surface area contributed by atoms with E-state index in [1.165, 1.54) is 19.3 Å². The van der Waals surface area contributed by atoms with Crippen LogP contribution in [0.2, 0.25) is 0 Å². The molecule has 114 valence electrons. The summed E-state index contributed by atoms with van der Waals surface area (Å²) in [6.45, 7) is 5.13. The van der Waals surface area contributed by atoms with Crippen LogP contribution in [0.15, 0.2) is 5.38 Å².